The minimum absolute atomic E-state index is 0.0400. The minimum atomic E-state index is -0.466. The van der Waals surface area contributed by atoms with Crippen molar-refractivity contribution in [3.05, 3.63) is 18.7 Å². The van der Waals surface area contributed by atoms with Crippen molar-refractivity contribution >= 4 is 12.1 Å². The molecule has 2 heterocycles. The molecule has 0 radical (unpaired) electrons. The summed E-state index contributed by atoms with van der Waals surface area (Å²) in [5, 5.41) is 2.96. The van der Waals surface area contributed by atoms with E-state index in [-0.39, 0.29) is 23.6 Å². The Morgan fingerprint density at radius 3 is 2.40 bits per heavy atom. The van der Waals surface area contributed by atoms with Crippen LogP contribution in [0.3, 0.4) is 0 Å². The molecule has 0 bridgehead atoms. The van der Waals surface area contributed by atoms with Gasteiger partial charge in [0.25, 0.3) is 6.33 Å². The summed E-state index contributed by atoms with van der Waals surface area (Å²) in [6.07, 6.45) is 9.06. The average molecular weight is 349 g/mol. The number of hydrogen-bond donors (Lipinski definition) is 1. The van der Waals surface area contributed by atoms with Crippen LogP contribution >= 0.6 is 0 Å². The summed E-state index contributed by atoms with van der Waals surface area (Å²) >= 11 is 0. The Balaban J connectivity index is 1.44. The van der Waals surface area contributed by atoms with Crippen molar-refractivity contribution in [3.8, 4) is 0 Å². The zero-order chi connectivity index (χ0) is 18.2. The number of rotatable bonds is 1. The van der Waals surface area contributed by atoms with Gasteiger partial charge < -0.3 is 15.0 Å². The third kappa shape index (κ3) is 4.14. The number of alkyl carbamates (subject to hydrolysis) is 1. The predicted octanol–water partition coefficient (Wildman–Crippen LogP) is 2.05. The molecule has 25 heavy (non-hydrogen) atoms. The summed E-state index contributed by atoms with van der Waals surface area (Å²) in [7, 11) is 1.90. The van der Waals surface area contributed by atoms with E-state index in [1.54, 1.807) is 17.1 Å². The fraction of sp³-hybridized carbons (Fsp3) is 0.722. The highest BCUT2D eigenvalue weighted by Gasteiger charge is 2.47. The van der Waals surface area contributed by atoms with Gasteiger partial charge in [0.2, 0.25) is 0 Å². The maximum Gasteiger partial charge on any atom is 0.415 e. The number of nitrogens with one attached hydrogen (secondary N) is 1. The number of aromatic nitrogens is 2. The molecule has 1 N–H and O–H groups in total. The first kappa shape index (κ1) is 17.8. The number of piperidine rings is 1. The molecule has 0 unspecified atom stereocenters. The standard InChI is InChI=1S/C18H28N4O3/c1-17(2,3)25-15(23)19-14-11-18(12-14)5-7-21(8-6-18)16(24)22-10-9-20(4)13-22/h9-10,13-14H,5-8,11-12H2,1-4H3/p+1. The van der Waals surface area contributed by atoms with Crippen molar-refractivity contribution in [2.24, 2.45) is 12.5 Å². The molecule has 0 aromatic carbocycles. The lowest BCUT2D eigenvalue weighted by Crippen LogP contribution is -2.56. The lowest BCUT2D eigenvalue weighted by Gasteiger charge is -2.51. The van der Waals surface area contributed by atoms with Gasteiger partial charge in [0.05, 0.1) is 7.05 Å². The number of hydrogen-bond acceptors (Lipinski definition) is 3. The Kier molecular flexibility index (Phi) is 4.51. The normalized spacial score (nSPS) is 20.2. The summed E-state index contributed by atoms with van der Waals surface area (Å²) < 4.78 is 8.81. The molecular weight excluding hydrogens is 320 g/mol. The van der Waals surface area contributed by atoms with E-state index in [9.17, 15) is 9.59 Å². The van der Waals surface area contributed by atoms with Crippen molar-refractivity contribution < 1.29 is 18.9 Å². The highest BCUT2D eigenvalue weighted by atomic mass is 16.6. The van der Waals surface area contributed by atoms with Gasteiger partial charge in [-0.2, -0.15) is 4.57 Å². The maximum absolute atomic E-state index is 12.5. The lowest BCUT2D eigenvalue weighted by molar-refractivity contribution is -0.670. The summed E-state index contributed by atoms with van der Waals surface area (Å²) in [6.45, 7) is 7.16. The van der Waals surface area contributed by atoms with Crippen molar-refractivity contribution in [1.29, 1.82) is 0 Å². The maximum atomic E-state index is 12.5. The molecule has 2 aliphatic rings. The summed E-state index contributed by atoms with van der Waals surface area (Å²) in [6, 6.07) is 0.235. The molecule has 0 atom stereocenters. The van der Waals surface area contributed by atoms with E-state index >= 15 is 0 Å². The second-order valence-corrected chi connectivity index (χ2v) is 8.51. The zero-order valence-electron chi connectivity index (χ0n) is 15.6. The first-order valence-electron chi connectivity index (χ1n) is 8.98. The molecule has 1 aliphatic heterocycles. The van der Waals surface area contributed by atoms with Crippen LogP contribution < -0.4 is 9.88 Å². The molecular formula is C18H29N4O3+. The van der Waals surface area contributed by atoms with E-state index in [1.165, 1.54) is 0 Å². The van der Waals surface area contributed by atoms with Gasteiger partial charge in [0.1, 0.15) is 18.0 Å². The second-order valence-electron chi connectivity index (χ2n) is 8.51. The molecule has 138 valence electrons. The van der Waals surface area contributed by atoms with Gasteiger partial charge in [0.15, 0.2) is 0 Å². The van der Waals surface area contributed by atoms with Gasteiger partial charge in [-0.05, 0) is 51.9 Å². The smallest absolute Gasteiger partial charge is 0.415 e. The van der Waals surface area contributed by atoms with E-state index < -0.39 is 5.60 Å². The van der Waals surface area contributed by atoms with Crippen LogP contribution in [-0.4, -0.2) is 46.3 Å². The Hall–Kier alpha value is -2.05. The second kappa shape index (κ2) is 6.35. The molecule has 1 aromatic rings. The average Bonchev–Trinajstić information content (AvgIpc) is 2.90. The Labute approximate surface area is 148 Å². The number of carbonyl (C=O) groups excluding carboxylic acids is 2. The van der Waals surface area contributed by atoms with Gasteiger partial charge in [-0.25, -0.2) is 14.2 Å². The van der Waals surface area contributed by atoms with Crippen LogP contribution in [-0.2, 0) is 11.8 Å². The Morgan fingerprint density at radius 2 is 1.88 bits per heavy atom. The number of likely N-dealkylation sites (tertiary alicyclic amines) is 1. The highest BCUT2D eigenvalue weighted by Crippen LogP contribution is 2.49. The lowest BCUT2D eigenvalue weighted by atomic mass is 9.60. The summed E-state index contributed by atoms with van der Waals surface area (Å²) in [4.78, 5) is 26.2. The van der Waals surface area contributed by atoms with E-state index in [1.807, 2.05) is 43.5 Å². The largest absolute Gasteiger partial charge is 0.444 e. The van der Waals surface area contributed by atoms with Crippen LogP contribution in [0.5, 0.6) is 0 Å². The van der Waals surface area contributed by atoms with Gasteiger partial charge in [-0.3, -0.25) is 0 Å². The van der Waals surface area contributed by atoms with Gasteiger partial charge in [-0.15, -0.1) is 0 Å². The van der Waals surface area contributed by atoms with Crippen LogP contribution in [0, 0.1) is 5.41 Å². The first-order chi connectivity index (χ1) is 11.7. The molecule has 7 nitrogen and oxygen atoms in total. The molecule has 1 aromatic heterocycles. The molecule has 7 heteroatoms. The number of ether oxygens (including phenoxy) is 1. The molecule has 1 saturated heterocycles. The molecule has 3 rings (SSSR count). The van der Waals surface area contributed by atoms with E-state index in [2.05, 4.69) is 5.32 Å². The monoisotopic (exact) mass is 349 g/mol. The summed E-state index contributed by atoms with van der Waals surface area (Å²) in [5.74, 6) is 0. The van der Waals surface area contributed by atoms with Gasteiger partial charge in [0, 0.05) is 19.1 Å². The Bertz CT molecular complexity index is 646. The number of nitrogens with zero attached hydrogens (tertiary/aromatic N) is 3. The molecule has 1 saturated carbocycles. The van der Waals surface area contributed by atoms with Crippen molar-refractivity contribution in [2.75, 3.05) is 13.1 Å². The quantitative estimate of drug-likeness (QED) is 0.789. The van der Waals surface area contributed by atoms with Crippen LogP contribution in [0.15, 0.2) is 18.7 Å². The predicted molar refractivity (Wildman–Crippen MR) is 92.0 cm³/mol. The topological polar surface area (TPSA) is 67.5 Å². The number of aryl methyl sites for hydroxylation is 1. The molecule has 2 fully saturated rings. The number of amides is 2. The third-order valence-electron chi connectivity index (χ3n) is 5.16. The van der Waals surface area contributed by atoms with Gasteiger partial charge in [-0.1, -0.05) is 0 Å². The SMILES string of the molecule is C[n+]1ccn(C(=O)N2CCC3(CC2)CC(NC(=O)OC(C)(C)C)C3)c1. The van der Waals surface area contributed by atoms with Crippen molar-refractivity contribution in [2.45, 2.75) is 58.1 Å². The van der Waals surface area contributed by atoms with Crippen molar-refractivity contribution in [3.63, 3.8) is 0 Å². The highest BCUT2D eigenvalue weighted by molar-refractivity contribution is 5.76. The van der Waals surface area contributed by atoms with Crippen LogP contribution in [0.25, 0.3) is 0 Å². The van der Waals surface area contributed by atoms with Crippen LogP contribution in [0.1, 0.15) is 46.5 Å². The van der Waals surface area contributed by atoms with Gasteiger partial charge >= 0.3 is 12.1 Å². The van der Waals surface area contributed by atoms with Crippen molar-refractivity contribution in [1.82, 2.24) is 14.8 Å². The van der Waals surface area contributed by atoms with Crippen LogP contribution in [0.4, 0.5) is 9.59 Å². The van der Waals surface area contributed by atoms with E-state index in [0.717, 1.165) is 38.8 Å². The molecule has 1 aliphatic carbocycles. The van der Waals surface area contributed by atoms with E-state index in [4.69, 9.17) is 4.74 Å². The minimum Gasteiger partial charge on any atom is -0.444 e. The molecule has 2 amide bonds. The fourth-order valence-electron chi connectivity index (χ4n) is 3.87. The zero-order valence-corrected chi connectivity index (χ0v) is 15.6. The van der Waals surface area contributed by atoms with Crippen LogP contribution in [0.2, 0.25) is 0 Å². The third-order valence-corrected chi connectivity index (χ3v) is 5.16. The van der Waals surface area contributed by atoms with E-state index in [0.29, 0.717) is 0 Å². The fourth-order valence-corrected chi connectivity index (χ4v) is 3.87. The Morgan fingerprint density at radius 1 is 1.24 bits per heavy atom. The number of imidazole rings is 1. The first-order valence-corrected chi connectivity index (χ1v) is 8.98. The number of carbonyl (C=O) groups is 2. The molecule has 1 spiro atoms. The summed E-state index contributed by atoms with van der Waals surface area (Å²) in [5.41, 5.74) is -0.190.